The Balaban J connectivity index is 1.39. The van der Waals surface area contributed by atoms with Gasteiger partial charge in [-0.3, -0.25) is 14.9 Å². The van der Waals surface area contributed by atoms with Crippen molar-refractivity contribution in [2.75, 3.05) is 5.32 Å². The van der Waals surface area contributed by atoms with E-state index in [0.717, 1.165) is 10.6 Å². The summed E-state index contributed by atoms with van der Waals surface area (Å²) < 4.78 is 5.71. The molecule has 148 valence electrons. The molecule has 3 aromatic carbocycles. The first-order valence-electron chi connectivity index (χ1n) is 8.96. The third kappa shape index (κ3) is 4.50. The average molecular weight is 416 g/mol. The number of carbonyl (C=O) groups excluding carboxylic acids is 2. The van der Waals surface area contributed by atoms with Crippen molar-refractivity contribution in [1.82, 2.24) is 10.2 Å². The van der Waals surface area contributed by atoms with Crippen LogP contribution in [0.3, 0.4) is 0 Å². The molecule has 0 aliphatic heterocycles. The highest BCUT2D eigenvalue weighted by Crippen LogP contribution is 2.27. The van der Waals surface area contributed by atoms with Gasteiger partial charge in [-0.2, -0.15) is 0 Å². The first-order valence-corrected chi connectivity index (χ1v) is 9.78. The van der Waals surface area contributed by atoms with Gasteiger partial charge < -0.3 is 10.5 Å². The van der Waals surface area contributed by atoms with Crippen LogP contribution in [-0.4, -0.2) is 22.0 Å². The van der Waals surface area contributed by atoms with Crippen molar-refractivity contribution in [2.45, 2.75) is 0 Å². The molecule has 0 atom stereocenters. The van der Waals surface area contributed by atoms with Crippen LogP contribution in [0.25, 0.3) is 10.6 Å². The van der Waals surface area contributed by atoms with E-state index in [0.29, 0.717) is 27.8 Å². The summed E-state index contributed by atoms with van der Waals surface area (Å²) in [4.78, 5) is 23.6. The van der Waals surface area contributed by atoms with Gasteiger partial charge in [-0.05, 0) is 48.5 Å². The highest BCUT2D eigenvalue weighted by Gasteiger charge is 2.11. The number of benzene rings is 3. The van der Waals surface area contributed by atoms with Crippen LogP contribution >= 0.6 is 11.3 Å². The van der Waals surface area contributed by atoms with E-state index in [-0.39, 0.29) is 5.91 Å². The van der Waals surface area contributed by atoms with Gasteiger partial charge in [0.25, 0.3) is 5.91 Å². The lowest BCUT2D eigenvalue weighted by Gasteiger charge is -2.07. The Labute approximate surface area is 176 Å². The second kappa shape index (κ2) is 8.54. The van der Waals surface area contributed by atoms with E-state index in [1.165, 1.54) is 11.3 Å². The van der Waals surface area contributed by atoms with Crippen molar-refractivity contribution in [1.29, 1.82) is 0 Å². The maximum Gasteiger partial charge on any atom is 0.257 e. The second-order valence-electron chi connectivity index (χ2n) is 6.25. The predicted octanol–water partition coefficient (Wildman–Crippen LogP) is 4.35. The smallest absolute Gasteiger partial charge is 0.257 e. The third-order valence-electron chi connectivity index (χ3n) is 4.16. The first-order chi connectivity index (χ1) is 14.6. The molecule has 0 bridgehead atoms. The van der Waals surface area contributed by atoms with Crippen molar-refractivity contribution in [3.8, 4) is 22.1 Å². The lowest BCUT2D eigenvalue weighted by Crippen LogP contribution is -2.11. The van der Waals surface area contributed by atoms with Crippen molar-refractivity contribution < 1.29 is 14.3 Å². The fraction of sp³-hybridized carbons (Fsp3) is 0. The minimum atomic E-state index is -0.497. The summed E-state index contributed by atoms with van der Waals surface area (Å²) in [5, 5.41) is 12.1. The average Bonchev–Trinajstić information content (AvgIpc) is 3.24. The van der Waals surface area contributed by atoms with Gasteiger partial charge >= 0.3 is 0 Å². The van der Waals surface area contributed by atoms with E-state index in [4.69, 9.17) is 10.5 Å². The zero-order valence-electron chi connectivity index (χ0n) is 15.6. The van der Waals surface area contributed by atoms with Gasteiger partial charge in [0.15, 0.2) is 0 Å². The summed E-state index contributed by atoms with van der Waals surface area (Å²) >= 11 is 1.31. The molecule has 8 heteroatoms. The monoisotopic (exact) mass is 416 g/mol. The van der Waals surface area contributed by atoms with E-state index in [9.17, 15) is 9.59 Å². The van der Waals surface area contributed by atoms with Crippen LogP contribution in [0.15, 0.2) is 78.9 Å². The summed E-state index contributed by atoms with van der Waals surface area (Å²) in [6, 6.07) is 22.8. The SMILES string of the molecule is NC(=O)c1ccc(Oc2ccc(C(=O)Nc3nnc(-c4ccccc4)s3)cc2)cc1. The first kappa shape index (κ1) is 19.3. The standard InChI is InChI=1S/C22H16N4O3S/c23-19(27)14-6-10-17(11-7-14)29-18-12-8-15(9-13-18)20(28)24-22-26-25-21(30-22)16-4-2-1-3-5-16/h1-13H,(H2,23,27)(H,24,26,28). The second-order valence-corrected chi connectivity index (χ2v) is 7.23. The topological polar surface area (TPSA) is 107 Å². The maximum absolute atomic E-state index is 12.5. The fourth-order valence-electron chi connectivity index (χ4n) is 2.64. The van der Waals surface area contributed by atoms with Gasteiger partial charge in [0.2, 0.25) is 11.0 Å². The summed E-state index contributed by atoms with van der Waals surface area (Å²) in [5.41, 5.74) is 7.03. The number of hydrogen-bond donors (Lipinski definition) is 2. The van der Waals surface area contributed by atoms with Gasteiger partial charge in [0, 0.05) is 16.7 Å². The Morgan fingerprint density at radius 1 is 0.800 bits per heavy atom. The normalized spacial score (nSPS) is 10.4. The van der Waals surface area contributed by atoms with E-state index in [2.05, 4.69) is 15.5 Å². The molecule has 3 N–H and O–H groups in total. The lowest BCUT2D eigenvalue weighted by molar-refractivity contribution is 0.0997. The quantitative estimate of drug-likeness (QED) is 0.486. The Kier molecular flexibility index (Phi) is 5.49. The highest BCUT2D eigenvalue weighted by molar-refractivity contribution is 7.18. The van der Waals surface area contributed by atoms with Gasteiger partial charge in [0.05, 0.1) is 0 Å². The van der Waals surface area contributed by atoms with Crippen LogP contribution in [0.1, 0.15) is 20.7 Å². The van der Waals surface area contributed by atoms with Crippen LogP contribution in [0.2, 0.25) is 0 Å². The molecule has 7 nitrogen and oxygen atoms in total. The minimum Gasteiger partial charge on any atom is -0.457 e. The number of aromatic nitrogens is 2. The largest absolute Gasteiger partial charge is 0.457 e. The summed E-state index contributed by atoms with van der Waals surface area (Å²) in [5.74, 6) is 0.325. The van der Waals surface area contributed by atoms with Crippen LogP contribution in [0, 0.1) is 0 Å². The highest BCUT2D eigenvalue weighted by atomic mass is 32.1. The Hall–Kier alpha value is -4.04. The van der Waals surface area contributed by atoms with E-state index in [1.54, 1.807) is 48.5 Å². The molecule has 0 saturated heterocycles. The number of amides is 2. The van der Waals surface area contributed by atoms with Gasteiger partial charge in [-0.15, -0.1) is 10.2 Å². The van der Waals surface area contributed by atoms with E-state index < -0.39 is 5.91 Å². The molecule has 2 amide bonds. The molecule has 1 aromatic heterocycles. The van der Waals surface area contributed by atoms with Crippen molar-refractivity contribution in [2.24, 2.45) is 5.73 Å². The predicted molar refractivity (Wildman–Crippen MR) is 115 cm³/mol. The molecule has 0 spiro atoms. The Morgan fingerprint density at radius 3 is 2.00 bits per heavy atom. The third-order valence-corrected chi connectivity index (χ3v) is 5.05. The number of rotatable bonds is 6. The lowest BCUT2D eigenvalue weighted by atomic mass is 10.2. The molecule has 0 fully saturated rings. The zero-order chi connectivity index (χ0) is 20.9. The molecular weight excluding hydrogens is 400 g/mol. The number of anilines is 1. The molecule has 1 heterocycles. The van der Waals surface area contributed by atoms with Crippen LogP contribution < -0.4 is 15.8 Å². The van der Waals surface area contributed by atoms with Gasteiger partial charge in [-0.1, -0.05) is 41.7 Å². The molecule has 4 rings (SSSR count). The van der Waals surface area contributed by atoms with Crippen molar-refractivity contribution in [3.05, 3.63) is 90.0 Å². The summed E-state index contributed by atoms with van der Waals surface area (Å²) in [6.45, 7) is 0. The molecule has 0 aliphatic carbocycles. The number of carbonyl (C=O) groups is 2. The van der Waals surface area contributed by atoms with E-state index >= 15 is 0 Å². The molecule has 0 unspecified atom stereocenters. The maximum atomic E-state index is 12.5. The van der Waals surface area contributed by atoms with Gasteiger partial charge in [0.1, 0.15) is 16.5 Å². The Bertz CT molecular complexity index is 1170. The van der Waals surface area contributed by atoms with E-state index in [1.807, 2.05) is 30.3 Å². The molecule has 30 heavy (non-hydrogen) atoms. The molecule has 0 saturated carbocycles. The van der Waals surface area contributed by atoms with Crippen LogP contribution in [0.5, 0.6) is 11.5 Å². The molecule has 0 aliphatic rings. The number of nitrogens with two attached hydrogens (primary N) is 1. The van der Waals surface area contributed by atoms with Crippen molar-refractivity contribution >= 4 is 28.3 Å². The number of nitrogens with zero attached hydrogens (tertiary/aromatic N) is 2. The number of primary amides is 1. The van der Waals surface area contributed by atoms with Crippen molar-refractivity contribution in [3.63, 3.8) is 0 Å². The van der Waals surface area contributed by atoms with Crippen LogP contribution in [-0.2, 0) is 0 Å². The number of ether oxygens (including phenoxy) is 1. The molecular formula is C22H16N4O3S. The number of nitrogens with one attached hydrogen (secondary N) is 1. The zero-order valence-corrected chi connectivity index (χ0v) is 16.4. The molecule has 4 aromatic rings. The van der Waals surface area contributed by atoms with Gasteiger partial charge in [-0.25, -0.2) is 0 Å². The number of hydrogen-bond acceptors (Lipinski definition) is 6. The fourth-order valence-corrected chi connectivity index (χ4v) is 3.38. The van der Waals surface area contributed by atoms with Crippen LogP contribution in [0.4, 0.5) is 5.13 Å². The summed E-state index contributed by atoms with van der Waals surface area (Å²) in [6.07, 6.45) is 0. The summed E-state index contributed by atoms with van der Waals surface area (Å²) in [7, 11) is 0. The minimum absolute atomic E-state index is 0.289. The molecule has 0 radical (unpaired) electrons. The Morgan fingerprint density at radius 2 is 1.40 bits per heavy atom.